The molecule has 3 heterocycles. The van der Waals surface area contributed by atoms with E-state index in [1.54, 1.807) is 23.5 Å². The van der Waals surface area contributed by atoms with E-state index in [2.05, 4.69) is 16.4 Å². The maximum Gasteiger partial charge on any atom is 0.270 e. The van der Waals surface area contributed by atoms with E-state index in [9.17, 15) is 9.59 Å². The molecule has 2 aromatic heterocycles. The standard InChI is InChI=1S/C14H14N2O2S/c1-9-10-6-8-19-12(10)5-7-16(9)14(18)11-3-2-4-13(17)15-11/h2-4,6,8-9H,5,7H2,1H3,(H,15,17). The van der Waals surface area contributed by atoms with Crippen molar-refractivity contribution in [2.24, 2.45) is 0 Å². The van der Waals surface area contributed by atoms with E-state index in [-0.39, 0.29) is 17.5 Å². The zero-order valence-electron chi connectivity index (χ0n) is 10.6. The number of hydrogen-bond acceptors (Lipinski definition) is 3. The molecule has 4 nitrogen and oxygen atoms in total. The number of aromatic amines is 1. The fourth-order valence-electron chi connectivity index (χ4n) is 2.51. The Labute approximate surface area is 114 Å². The lowest BCUT2D eigenvalue weighted by Crippen LogP contribution is -2.39. The zero-order valence-corrected chi connectivity index (χ0v) is 11.4. The van der Waals surface area contributed by atoms with E-state index in [0.29, 0.717) is 12.2 Å². The van der Waals surface area contributed by atoms with Crippen LogP contribution in [0.3, 0.4) is 0 Å². The molecule has 5 heteroatoms. The van der Waals surface area contributed by atoms with E-state index in [1.807, 2.05) is 11.8 Å². The van der Waals surface area contributed by atoms with Crippen molar-refractivity contribution in [3.63, 3.8) is 0 Å². The first-order valence-corrected chi connectivity index (χ1v) is 7.11. The predicted molar refractivity (Wildman–Crippen MR) is 74.5 cm³/mol. The minimum absolute atomic E-state index is 0.0613. The van der Waals surface area contributed by atoms with Crippen LogP contribution in [0.1, 0.15) is 33.9 Å². The van der Waals surface area contributed by atoms with E-state index < -0.39 is 0 Å². The summed E-state index contributed by atoms with van der Waals surface area (Å²) < 4.78 is 0. The van der Waals surface area contributed by atoms with Gasteiger partial charge in [-0.25, -0.2) is 0 Å². The van der Waals surface area contributed by atoms with Crippen LogP contribution in [-0.4, -0.2) is 22.3 Å². The van der Waals surface area contributed by atoms with Crippen LogP contribution in [-0.2, 0) is 6.42 Å². The van der Waals surface area contributed by atoms with Gasteiger partial charge in [-0.05, 0) is 36.4 Å². The van der Waals surface area contributed by atoms with Gasteiger partial charge >= 0.3 is 0 Å². The van der Waals surface area contributed by atoms with Crippen LogP contribution < -0.4 is 5.56 Å². The van der Waals surface area contributed by atoms with E-state index in [1.165, 1.54) is 16.5 Å². The first-order chi connectivity index (χ1) is 9.16. The monoisotopic (exact) mass is 274 g/mol. The lowest BCUT2D eigenvalue weighted by molar-refractivity contribution is 0.0673. The van der Waals surface area contributed by atoms with Gasteiger partial charge in [-0.1, -0.05) is 6.07 Å². The largest absolute Gasteiger partial charge is 0.330 e. The van der Waals surface area contributed by atoms with Gasteiger partial charge in [0, 0.05) is 17.5 Å². The molecule has 3 rings (SSSR count). The summed E-state index contributed by atoms with van der Waals surface area (Å²) in [7, 11) is 0. The Morgan fingerprint density at radius 3 is 3.05 bits per heavy atom. The number of H-pyrrole nitrogens is 1. The molecule has 1 atom stereocenters. The van der Waals surface area contributed by atoms with Crippen molar-refractivity contribution >= 4 is 17.2 Å². The number of aromatic nitrogens is 1. The maximum atomic E-state index is 12.5. The Kier molecular flexibility index (Phi) is 2.98. The van der Waals surface area contributed by atoms with Crippen LogP contribution in [0.5, 0.6) is 0 Å². The highest BCUT2D eigenvalue weighted by Gasteiger charge is 2.29. The number of hydrogen-bond donors (Lipinski definition) is 1. The smallest absolute Gasteiger partial charge is 0.270 e. The molecule has 1 aliphatic heterocycles. The molecular formula is C14H14N2O2S. The van der Waals surface area contributed by atoms with Crippen molar-refractivity contribution in [3.05, 3.63) is 56.1 Å². The molecule has 0 spiro atoms. The second-order valence-corrected chi connectivity index (χ2v) is 5.65. The summed E-state index contributed by atoms with van der Waals surface area (Å²) in [5, 5.41) is 2.07. The Bertz CT molecular complexity index is 674. The summed E-state index contributed by atoms with van der Waals surface area (Å²) in [6, 6.07) is 6.81. The molecule has 2 aromatic rings. The first-order valence-electron chi connectivity index (χ1n) is 6.23. The molecular weight excluding hydrogens is 260 g/mol. The van der Waals surface area contributed by atoms with Gasteiger partial charge < -0.3 is 9.88 Å². The Morgan fingerprint density at radius 2 is 2.26 bits per heavy atom. The van der Waals surface area contributed by atoms with E-state index in [0.717, 1.165) is 6.42 Å². The highest BCUT2D eigenvalue weighted by molar-refractivity contribution is 7.10. The number of amides is 1. The second kappa shape index (κ2) is 4.66. The SMILES string of the molecule is CC1c2ccsc2CCN1C(=O)c1cccc(=O)[nH]1. The van der Waals surface area contributed by atoms with Gasteiger partial charge in [-0.3, -0.25) is 9.59 Å². The number of pyridine rings is 1. The molecule has 0 aliphatic carbocycles. The van der Waals surface area contributed by atoms with Crippen molar-refractivity contribution in [2.45, 2.75) is 19.4 Å². The topological polar surface area (TPSA) is 53.2 Å². The van der Waals surface area contributed by atoms with Crippen molar-refractivity contribution in [1.29, 1.82) is 0 Å². The molecule has 98 valence electrons. The van der Waals surface area contributed by atoms with Crippen molar-refractivity contribution in [2.75, 3.05) is 6.54 Å². The summed E-state index contributed by atoms with van der Waals surface area (Å²) in [5.41, 5.74) is 1.34. The normalized spacial score (nSPS) is 18.2. The molecule has 0 radical (unpaired) electrons. The number of carbonyl (C=O) groups is 1. The average molecular weight is 274 g/mol. The molecule has 19 heavy (non-hydrogen) atoms. The quantitative estimate of drug-likeness (QED) is 0.866. The molecule has 0 fully saturated rings. The van der Waals surface area contributed by atoms with E-state index in [4.69, 9.17) is 0 Å². The summed E-state index contributed by atoms with van der Waals surface area (Å²) in [4.78, 5) is 29.5. The second-order valence-electron chi connectivity index (χ2n) is 4.65. The molecule has 1 unspecified atom stereocenters. The molecule has 1 aliphatic rings. The van der Waals surface area contributed by atoms with Crippen molar-refractivity contribution in [3.8, 4) is 0 Å². The van der Waals surface area contributed by atoms with Gasteiger partial charge in [0.15, 0.2) is 0 Å². The van der Waals surface area contributed by atoms with Gasteiger partial charge in [0.1, 0.15) is 5.69 Å². The van der Waals surface area contributed by atoms with Crippen molar-refractivity contribution < 1.29 is 4.79 Å². The summed E-state index contributed by atoms with van der Waals surface area (Å²) in [6.07, 6.45) is 0.889. The minimum Gasteiger partial charge on any atom is -0.330 e. The van der Waals surface area contributed by atoms with Crippen LogP contribution in [0.15, 0.2) is 34.4 Å². The molecule has 1 N–H and O–H groups in total. The number of nitrogens with one attached hydrogen (secondary N) is 1. The zero-order chi connectivity index (χ0) is 13.4. The Balaban J connectivity index is 1.92. The summed E-state index contributed by atoms with van der Waals surface area (Å²) in [6.45, 7) is 2.73. The third kappa shape index (κ3) is 2.10. The third-order valence-electron chi connectivity index (χ3n) is 3.54. The highest BCUT2D eigenvalue weighted by atomic mass is 32.1. The van der Waals surface area contributed by atoms with Gasteiger partial charge in [0.25, 0.3) is 5.91 Å². The number of nitrogens with zero attached hydrogens (tertiary/aromatic N) is 1. The summed E-state index contributed by atoms with van der Waals surface area (Å²) >= 11 is 1.75. The van der Waals surface area contributed by atoms with Gasteiger partial charge in [-0.2, -0.15) is 0 Å². The lowest BCUT2D eigenvalue weighted by Gasteiger charge is -2.33. The fraction of sp³-hybridized carbons (Fsp3) is 0.286. The summed E-state index contributed by atoms with van der Waals surface area (Å²) in [5.74, 6) is -0.109. The fourth-order valence-corrected chi connectivity index (χ4v) is 3.48. The molecule has 0 saturated heterocycles. The average Bonchev–Trinajstić information content (AvgIpc) is 2.88. The van der Waals surface area contributed by atoms with Crippen LogP contribution in [0.25, 0.3) is 0 Å². The molecule has 0 saturated carbocycles. The van der Waals surface area contributed by atoms with Crippen molar-refractivity contribution in [1.82, 2.24) is 9.88 Å². The Hall–Kier alpha value is -1.88. The van der Waals surface area contributed by atoms with E-state index >= 15 is 0 Å². The molecule has 0 aromatic carbocycles. The third-order valence-corrected chi connectivity index (χ3v) is 4.53. The molecule has 0 bridgehead atoms. The van der Waals surface area contributed by atoms with Crippen LogP contribution in [0.4, 0.5) is 0 Å². The van der Waals surface area contributed by atoms with Crippen LogP contribution in [0, 0.1) is 0 Å². The minimum atomic E-state index is -0.244. The molecule has 1 amide bonds. The van der Waals surface area contributed by atoms with Gasteiger partial charge in [-0.15, -0.1) is 11.3 Å². The number of carbonyl (C=O) groups excluding carboxylic acids is 1. The number of rotatable bonds is 1. The van der Waals surface area contributed by atoms with Crippen LogP contribution >= 0.6 is 11.3 Å². The first kappa shape index (κ1) is 12.2. The number of thiophene rings is 1. The lowest BCUT2D eigenvalue weighted by atomic mass is 10.0. The maximum absolute atomic E-state index is 12.5. The van der Waals surface area contributed by atoms with Gasteiger partial charge in [0.05, 0.1) is 6.04 Å². The van der Waals surface area contributed by atoms with Gasteiger partial charge in [0.2, 0.25) is 5.56 Å². The number of fused-ring (bicyclic) bond motifs is 1. The Morgan fingerprint density at radius 1 is 1.42 bits per heavy atom. The predicted octanol–water partition coefficient (Wildman–Crippen LogP) is 2.20. The van der Waals surface area contributed by atoms with Crippen LogP contribution in [0.2, 0.25) is 0 Å². The highest BCUT2D eigenvalue weighted by Crippen LogP contribution is 2.33.